The van der Waals surface area contributed by atoms with Crippen LogP contribution in [-0.4, -0.2) is 54.8 Å². The summed E-state index contributed by atoms with van der Waals surface area (Å²) in [5, 5.41) is 0. The second-order valence-electron chi connectivity index (χ2n) is 6.97. The molecule has 0 bridgehead atoms. The van der Waals surface area contributed by atoms with Gasteiger partial charge in [-0.3, -0.25) is 9.79 Å². The van der Waals surface area contributed by atoms with Crippen molar-refractivity contribution >= 4 is 17.4 Å². The number of ether oxygens (including phenoxy) is 1. The van der Waals surface area contributed by atoms with Crippen LogP contribution in [0.2, 0.25) is 0 Å². The summed E-state index contributed by atoms with van der Waals surface area (Å²) < 4.78 is 5.79. The van der Waals surface area contributed by atoms with Gasteiger partial charge in [-0.05, 0) is 36.2 Å². The van der Waals surface area contributed by atoms with E-state index < -0.39 is 0 Å². The summed E-state index contributed by atoms with van der Waals surface area (Å²) in [6.45, 7) is 5.36. The molecule has 2 aliphatic rings. The zero-order chi connectivity index (χ0) is 18.8. The number of nitrogens with zero attached hydrogens (tertiary/aromatic N) is 4. The van der Waals surface area contributed by atoms with Gasteiger partial charge in [-0.2, -0.15) is 0 Å². The van der Waals surface area contributed by atoms with Gasteiger partial charge in [-0.1, -0.05) is 13.0 Å². The third-order valence-electron chi connectivity index (χ3n) is 5.02. The minimum atomic E-state index is 0.120. The fourth-order valence-electron chi connectivity index (χ4n) is 3.41. The number of pyridine rings is 1. The Balaban J connectivity index is 1.60. The van der Waals surface area contributed by atoms with Crippen LogP contribution in [0.1, 0.15) is 30.0 Å². The van der Waals surface area contributed by atoms with E-state index in [9.17, 15) is 4.79 Å². The predicted octanol–water partition coefficient (Wildman–Crippen LogP) is 2.50. The van der Waals surface area contributed by atoms with E-state index in [0.717, 1.165) is 41.4 Å². The molecule has 6 heteroatoms. The van der Waals surface area contributed by atoms with E-state index in [1.807, 2.05) is 30.1 Å². The molecule has 1 aromatic carbocycles. The number of aromatic nitrogens is 1. The molecule has 1 aromatic heterocycles. The smallest absolute Gasteiger partial charge is 0.241 e. The monoisotopic (exact) mass is 364 g/mol. The van der Waals surface area contributed by atoms with E-state index in [0.29, 0.717) is 26.2 Å². The predicted molar refractivity (Wildman–Crippen MR) is 106 cm³/mol. The fraction of sp³-hybridized carbons (Fsp3) is 0.381. The van der Waals surface area contributed by atoms with Crippen molar-refractivity contribution in [1.82, 2.24) is 9.88 Å². The average Bonchev–Trinajstić information content (AvgIpc) is 3.12. The number of anilines is 1. The van der Waals surface area contributed by atoms with Crippen LogP contribution in [0.3, 0.4) is 0 Å². The molecule has 140 valence electrons. The van der Waals surface area contributed by atoms with Crippen LogP contribution in [0.25, 0.3) is 0 Å². The van der Waals surface area contributed by atoms with Gasteiger partial charge in [-0.15, -0.1) is 0 Å². The number of rotatable bonds is 5. The van der Waals surface area contributed by atoms with E-state index in [1.54, 1.807) is 11.1 Å². The van der Waals surface area contributed by atoms with Crippen molar-refractivity contribution in [2.75, 3.05) is 38.2 Å². The van der Waals surface area contributed by atoms with E-state index in [1.165, 1.54) is 5.56 Å². The maximum Gasteiger partial charge on any atom is 0.241 e. The van der Waals surface area contributed by atoms with Crippen LogP contribution in [0, 0.1) is 0 Å². The largest absolute Gasteiger partial charge is 0.494 e. The number of carbonyl (C=O) groups is 1. The minimum absolute atomic E-state index is 0.120. The van der Waals surface area contributed by atoms with Gasteiger partial charge >= 0.3 is 0 Å². The average molecular weight is 364 g/mol. The van der Waals surface area contributed by atoms with Crippen molar-refractivity contribution in [3.8, 4) is 5.75 Å². The molecule has 2 aromatic rings. The van der Waals surface area contributed by atoms with Gasteiger partial charge in [0.2, 0.25) is 5.91 Å². The van der Waals surface area contributed by atoms with E-state index >= 15 is 0 Å². The van der Waals surface area contributed by atoms with Crippen LogP contribution in [0.5, 0.6) is 5.75 Å². The van der Waals surface area contributed by atoms with E-state index in [4.69, 9.17) is 9.73 Å². The molecule has 0 atom stereocenters. The first-order chi connectivity index (χ1) is 13.2. The Hall–Kier alpha value is -2.89. The van der Waals surface area contributed by atoms with E-state index in [-0.39, 0.29) is 5.91 Å². The molecule has 27 heavy (non-hydrogen) atoms. The number of likely N-dealkylation sites (N-methyl/N-ethyl adjacent to an activating group) is 1. The topological polar surface area (TPSA) is 58.0 Å². The van der Waals surface area contributed by atoms with Crippen molar-refractivity contribution in [1.29, 1.82) is 0 Å². The molecule has 2 aliphatic heterocycles. The lowest BCUT2D eigenvalue weighted by Gasteiger charge is -2.32. The van der Waals surface area contributed by atoms with Crippen molar-refractivity contribution in [2.24, 2.45) is 4.99 Å². The van der Waals surface area contributed by atoms with Crippen molar-refractivity contribution in [3.63, 3.8) is 0 Å². The SMILES string of the molecule is CCCOc1ccc2c(c1)C(c1ccnc(N3CCN(C)C(=O)C3)c1)=NC2. The van der Waals surface area contributed by atoms with Gasteiger partial charge in [-0.25, -0.2) is 4.98 Å². The number of hydrogen-bond donors (Lipinski definition) is 0. The fourth-order valence-corrected chi connectivity index (χ4v) is 3.41. The summed E-state index contributed by atoms with van der Waals surface area (Å²) >= 11 is 0. The van der Waals surface area contributed by atoms with Gasteiger partial charge in [0.1, 0.15) is 11.6 Å². The molecule has 4 rings (SSSR count). The third kappa shape index (κ3) is 3.52. The van der Waals surface area contributed by atoms with Gasteiger partial charge in [0.15, 0.2) is 0 Å². The standard InChI is InChI=1S/C21H24N4O2/c1-3-10-27-17-5-4-16-13-23-21(18(16)12-17)15-6-7-22-19(11-15)25-9-8-24(2)20(26)14-25/h4-7,11-12H,3,8-10,13-14H2,1-2H3. The normalized spacial score (nSPS) is 16.4. The van der Waals surface area contributed by atoms with E-state index in [2.05, 4.69) is 24.0 Å². The molecule has 0 saturated carbocycles. The lowest BCUT2D eigenvalue weighted by Crippen LogP contribution is -2.48. The lowest BCUT2D eigenvalue weighted by molar-refractivity contribution is -0.129. The highest BCUT2D eigenvalue weighted by atomic mass is 16.5. The Morgan fingerprint density at radius 3 is 2.89 bits per heavy atom. The maximum absolute atomic E-state index is 12.0. The van der Waals surface area contributed by atoms with Crippen LogP contribution in [0.15, 0.2) is 41.5 Å². The van der Waals surface area contributed by atoms with Gasteiger partial charge < -0.3 is 14.5 Å². The summed E-state index contributed by atoms with van der Waals surface area (Å²) in [6, 6.07) is 10.2. The zero-order valence-corrected chi connectivity index (χ0v) is 15.8. The van der Waals surface area contributed by atoms with Gasteiger partial charge in [0, 0.05) is 37.5 Å². The number of carbonyl (C=O) groups excluding carboxylic acids is 1. The summed E-state index contributed by atoms with van der Waals surface area (Å²) in [5.74, 6) is 1.82. The number of fused-ring (bicyclic) bond motifs is 1. The number of benzene rings is 1. The number of hydrogen-bond acceptors (Lipinski definition) is 5. The minimum Gasteiger partial charge on any atom is -0.494 e. The quantitative estimate of drug-likeness (QED) is 0.818. The Bertz CT molecular complexity index is 894. The second kappa shape index (κ2) is 7.39. The zero-order valence-electron chi connectivity index (χ0n) is 15.8. The number of piperazine rings is 1. The van der Waals surface area contributed by atoms with Crippen molar-refractivity contribution < 1.29 is 9.53 Å². The Morgan fingerprint density at radius 1 is 1.19 bits per heavy atom. The van der Waals surface area contributed by atoms with Crippen LogP contribution in [-0.2, 0) is 11.3 Å². The molecule has 0 unspecified atom stereocenters. The number of aliphatic imine (C=N–C) groups is 1. The molecule has 0 radical (unpaired) electrons. The summed E-state index contributed by atoms with van der Waals surface area (Å²) in [6.07, 6.45) is 2.78. The van der Waals surface area contributed by atoms with Crippen LogP contribution < -0.4 is 9.64 Å². The first-order valence-electron chi connectivity index (χ1n) is 9.41. The number of amides is 1. The first kappa shape index (κ1) is 17.5. The molecule has 1 fully saturated rings. The first-order valence-corrected chi connectivity index (χ1v) is 9.41. The molecule has 1 saturated heterocycles. The van der Waals surface area contributed by atoms with Crippen molar-refractivity contribution in [3.05, 3.63) is 53.2 Å². The third-order valence-corrected chi connectivity index (χ3v) is 5.02. The molecule has 3 heterocycles. The van der Waals surface area contributed by atoms with Crippen molar-refractivity contribution in [2.45, 2.75) is 19.9 Å². The molecule has 0 spiro atoms. The summed E-state index contributed by atoms with van der Waals surface area (Å²) in [5.41, 5.74) is 4.33. The summed E-state index contributed by atoms with van der Waals surface area (Å²) in [7, 11) is 1.84. The molecular weight excluding hydrogens is 340 g/mol. The molecule has 0 N–H and O–H groups in total. The highest BCUT2D eigenvalue weighted by Crippen LogP contribution is 2.28. The molecular formula is C21H24N4O2. The molecule has 6 nitrogen and oxygen atoms in total. The van der Waals surface area contributed by atoms with Crippen LogP contribution >= 0.6 is 0 Å². The maximum atomic E-state index is 12.0. The molecule has 0 aliphatic carbocycles. The summed E-state index contributed by atoms with van der Waals surface area (Å²) in [4.78, 5) is 25.0. The second-order valence-corrected chi connectivity index (χ2v) is 6.97. The Morgan fingerprint density at radius 2 is 2.07 bits per heavy atom. The Labute approximate surface area is 159 Å². The lowest BCUT2D eigenvalue weighted by atomic mass is 10.0. The highest BCUT2D eigenvalue weighted by molar-refractivity contribution is 6.15. The Kier molecular flexibility index (Phi) is 4.79. The molecule has 1 amide bonds. The van der Waals surface area contributed by atoms with Crippen LogP contribution in [0.4, 0.5) is 5.82 Å². The van der Waals surface area contributed by atoms with Gasteiger partial charge in [0.05, 0.1) is 25.4 Å². The van der Waals surface area contributed by atoms with Gasteiger partial charge in [0.25, 0.3) is 0 Å². The highest BCUT2D eigenvalue weighted by Gasteiger charge is 2.24.